The fourth-order valence-corrected chi connectivity index (χ4v) is 6.28. The van der Waals surface area contributed by atoms with E-state index in [0.29, 0.717) is 11.3 Å². The van der Waals surface area contributed by atoms with Gasteiger partial charge in [-0.1, -0.05) is 129 Å². The van der Waals surface area contributed by atoms with Crippen LogP contribution in [0.15, 0.2) is 71.8 Å². The Hall–Kier alpha value is -2.11. The van der Waals surface area contributed by atoms with Crippen molar-refractivity contribution in [3.05, 3.63) is 117 Å². The van der Waals surface area contributed by atoms with Gasteiger partial charge >= 0.3 is 89.5 Å². The topological polar surface area (TPSA) is 0 Å². The molecule has 2 aliphatic rings. The van der Waals surface area contributed by atoms with Crippen molar-refractivity contribution in [2.24, 2.45) is 11.3 Å². The van der Waals surface area contributed by atoms with Gasteiger partial charge < -0.3 is 0 Å². The predicted molar refractivity (Wildman–Crippen MR) is 195 cm³/mol. The molecule has 45 heavy (non-hydrogen) atoms. The monoisotopic (exact) mass is 676 g/mol. The molecule has 0 nitrogen and oxygen atoms in total. The Bertz CT molecular complexity index is 1470. The summed E-state index contributed by atoms with van der Waals surface area (Å²) in [5, 5.41) is 0. The number of benzene rings is 3. The van der Waals surface area contributed by atoms with Gasteiger partial charge in [0.05, 0.1) is 0 Å². The van der Waals surface area contributed by atoms with Crippen molar-refractivity contribution in [1.82, 2.24) is 0 Å². The van der Waals surface area contributed by atoms with Crippen LogP contribution in [0.4, 0.5) is 0 Å². The summed E-state index contributed by atoms with van der Waals surface area (Å²) in [6.07, 6.45) is 7.98. The van der Waals surface area contributed by atoms with Gasteiger partial charge in [-0.05, 0) is 17.4 Å². The molecule has 2 aliphatic carbocycles. The molecule has 0 heterocycles. The zero-order chi connectivity index (χ0) is 34.0. The molecule has 0 aliphatic heterocycles. The smallest absolute Gasteiger partial charge is 0.0642 e. The van der Waals surface area contributed by atoms with Crippen molar-refractivity contribution in [3.63, 3.8) is 0 Å². The third-order valence-electron chi connectivity index (χ3n) is 8.77. The minimum absolute atomic E-state index is 0.177. The third kappa shape index (κ3) is 9.94. The molecule has 0 spiro atoms. The number of hydrogen-bond donors (Lipinski definition) is 0. The Morgan fingerprint density at radius 2 is 1.24 bits per heavy atom. The number of fused-ring (bicyclic) bond motifs is 3. The molecule has 0 aromatic heterocycles. The van der Waals surface area contributed by atoms with Gasteiger partial charge in [-0.3, -0.25) is 6.08 Å². The Balaban J connectivity index is 0.000000198. The van der Waals surface area contributed by atoms with Crippen LogP contribution in [-0.4, -0.2) is 3.71 Å². The van der Waals surface area contributed by atoms with Crippen LogP contribution < -0.4 is 0 Å². The summed E-state index contributed by atoms with van der Waals surface area (Å²) < 4.78 is 2.21. The average molecular weight is 678 g/mol. The van der Waals surface area contributed by atoms with Gasteiger partial charge in [0.25, 0.3) is 0 Å². The molecule has 0 N–H and O–H groups in total. The summed E-state index contributed by atoms with van der Waals surface area (Å²) >= 11 is 1.46. The first-order valence-electron chi connectivity index (χ1n) is 16.8. The summed E-state index contributed by atoms with van der Waals surface area (Å²) in [7, 11) is 0. The van der Waals surface area contributed by atoms with Gasteiger partial charge in [-0.25, -0.2) is 5.57 Å². The van der Waals surface area contributed by atoms with Crippen LogP contribution in [0.25, 0.3) is 11.1 Å². The molecule has 0 bridgehead atoms. The minimum Gasteiger partial charge on any atom is -0.266 e. The second kappa shape index (κ2) is 14.3. The van der Waals surface area contributed by atoms with E-state index in [4.69, 9.17) is 0 Å². The fourth-order valence-electron chi connectivity index (χ4n) is 5.80. The molecule has 0 radical (unpaired) electrons. The average Bonchev–Trinajstić information content (AvgIpc) is 3.51. The van der Waals surface area contributed by atoms with E-state index in [1.807, 2.05) is 0 Å². The Labute approximate surface area is 292 Å². The number of hydrogen-bond acceptors (Lipinski definition) is 0. The first-order chi connectivity index (χ1) is 20.6. The second-order valence-corrected chi connectivity index (χ2v) is 17.7. The van der Waals surface area contributed by atoms with Gasteiger partial charge in [0.15, 0.2) is 0 Å². The molecular weight excluding hydrogens is 620 g/mol. The first kappa shape index (κ1) is 37.4. The van der Waals surface area contributed by atoms with E-state index in [1.54, 1.807) is 0 Å². The number of allylic oxidation sites excluding steroid dienone is 4. The molecule has 3 aromatic rings. The van der Waals surface area contributed by atoms with Gasteiger partial charge in [0.1, 0.15) is 0 Å². The maximum atomic E-state index is 3.53. The van der Waals surface area contributed by atoms with Crippen LogP contribution in [0.1, 0.15) is 137 Å². The van der Waals surface area contributed by atoms with Crippen molar-refractivity contribution >= 4 is 3.71 Å². The zero-order valence-electron chi connectivity index (χ0n) is 30.8. The summed E-state index contributed by atoms with van der Waals surface area (Å²) in [4.78, 5) is 0. The van der Waals surface area contributed by atoms with E-state index in [2.05, 4.69) is 173 Å². The third-order valence-corrected chi connectivity index (χ3v) is 9.59. The maximum absolute atomic E-state index is 3.53. The van der Waals surface area contributed by atoms with E-state index in [0.717, 1.165) is 12.8 Å². The van der Waals surface area contributed by atoms with Crippen LogP contribution in [0.5, 0.6) is 0 Å². The Morgan fingerprint density at radius 1 is 0.711 bits per heavy atom. The van der Waals surface area contributed by atoms with Crippen molar-refractivity contribution in [2.75, 3.05) is 0 Å². The van der Waals surface area contributed by atoms with Crippen molar-refractivity contribution < 1.29 is 24.2 Å². The molecule has 0 saturated heterocycles. The molecule has 3 aromatic carbocycles. The largest absolute Gasteiger partial charge is 0.266 e. The summed E-state index contributed by atoms with van der Waals surface area (Å²) in [5.41, 5.74) is 15.0. The van der Waals surface area contributed by atoms with Gasteiger partial charge in [0.2, 0.25) is 0 Å². The van der Waals surface area contributed by atoms with E-state index in [-0.39, 0.29) is 16.2 Å². The second-order valence-electron chi connectivity index (χ2n) is 16.9. The zero-order valence-corrected chi connectivity index (χ0v) is 33.3. The normalized spacial score (nSPS) is 16.0. The summed E-state index contributed by atoms with van der Waals surface area (Å²) in [5.74, 6) is 0.522. The van der Waals surface area contributed by atoms with Gasteiger partial charge in [-0.2, -0.15) is 41.0 Å². The van der Waals surface area contributed by atoms with Crippen LogP contribution in [-0.2, 0) is 46.9 Å². The Morgan fingerprint density at radius 3 is 1.71 bits per heavy atom. The predicted octanol–water partition coefficient (Wildman–Crippen LogP) is 12.1. The fraction of sp³-hybridized carbons (Fsp3) is 0.477. The molecule has 1 heteroatoms. The minimum atomic E-state index is 0.177. The molecule has 1 unspecified atom stereocenters. The first-order valence-corrected chi connectivity index (χ1v) is 18.2. The standard InChI is InChI=1S/C21H25.C12H19.C11H14.Zr/c1-20(2,3)16-9-7-14-11-15-8-10-17(21(4,5)6)13-19(15)18(14)12-16;1-6-10-7-9(2)8-11(10)12(3,4)5;1-9-5-7-10(8-6-9)11(2,3)4;/h7,9-10,12-13H,11H2,1-6H3;8-9H,6H2,1-5H3;1,5-8H,2-4H3;/q2*-1;;+2. The van der Waals surface area contributed by atoms with E-state index in [1.165, 1.54) is 79.9 Å². The van der Waals surface area contributed by atoms with E-state index < -0.39 is 0 Å². The molecule has 1 atom stereocenters. The maximum Gasteiger partial charge on any atom is -0.0642 e. The molecule has 238 valence electrons. The van der Waals surface area contributed by atoms with Crippen LogP contribution in [0.2, 0.25) is 0 Å². The van der Waals surface area contributed by atoms with Gasteiger partial charge in [-0.15, -0.1) is 5.56 Å². The van der Waals surface area contributed by atoms with Crippen molar-refractivity contribution in [1.29, 1.82) is 0 Å². The molecule has 0 amide bonds. The van der Waals surface area contributed by atoms with Crippen molar-refractivity contribution in [2.45, 2.75) is 126 Å². The van der Waals surface area contributed by atoms with Crippen LogP contribution >= 0.6 is 0 Å². The molecule has 0 fully saturated rings. The van der Waals surface area contributed by atoms with Gasteiger partial charge in [0, 0.05) is 0 Å². The SMILES string of the molecule is CC(C)(C)c1c[c-]c2c(c1)-c1cc(C(C)(C)C)ccc1C2.CC(C)(C)c1ccc([CH]=[Zr+2])cc1.CCC1=[C-]C(C)C=C1C(C)(C)C. The Kier molecular flexibility index (Phi) is 11.9. The van der Waals surface area contributed by atoms with Crippen molar-refractivity contribution in [3.8, 4) is 11.1 Å². The van der Waals surface area contributed by atoms with Crippen LogP contribution in [0, 0.1) is 23.5 Å². The number of rotatable bonds is 2. The summed E-state index contributed by atoms with van der Waals surface area (Å²) in [6.45, 7) is 31.6. The van der Waals surface area contributed by atoms with E-state index >= 15 is 0 Å². The molecule has 5 rings (SSSR count). The quantitative estimate of drug-likeness (QED) is 0.185. The molecule has 0 saturated carbocycles. The van der Waals surface area contributed by atoms with Crippen LogP contribution in [0.3, 0.4) is 0 Å². The summed E-state index contributed by atoms with van der Waals surface area (Å²) in [6, 6.07) is 23.9. The molecular formula is C44H58Zr. The van der Waals surface area contributed by atoms with E-state index in [9.17, 15) is 0 Å².